The lowest BCUT2D eigenvalue weighted by Gasteiger charge is -2.32. The Hall–Kier alpha value is -3.42. The summed E-state index contributed by atoms with van der Waals surface area (Å²) in [7, 11) is 0. The number of nitrogens with one attached hydrogen (secondary N) is 3. The number of allylic oxidation sites excluding steroid dienone is 1. The van der Waals surface area contributed by atoms with Gasteiger partial charge >= 0.3 is 0 Å². The molecule has 0 atom stereocenters. The second-order valence-electron chi connectivity index (χ2n) is 9.19. The summed E-state index contributed by atoms with van der Waals surface area (Å²) in [4.78, 5) is 32.0. The Morgan fingerprint density at radius 3 is 2.55 bits per heavy atom. The zero-order chi connectivity index (χ0) is 23.5. The SMILES string of the molecule is CC(C)Nc1c(C(=O)NC2CCN(C(=O)C3CC3)CC2)cnc2ccc(/C(C=N)=C/N)cc12. The third kappa shape index (κ3) is 4.99. The van der Waals surface area contributed by atoms with Crippen molar-refractivity contribution in [1.82, 2.24) is 15.2 Å². The molecule has 0 radical (unpaired) electrons. The van der Waals surface area contributed by atoms with E-state index in [4.69, 9.17) is 11.1 Å². The molecule has 2 heterocycles. The van der Waals surface area contributed by atoms with Gasteiger partial charge in [0, 0.05) is 60.7 Å². The van der Waals surface area contributed by atoms with E-state index in [0.717, 1.165) is 47.8 Å². The number of carbonyl (C=O) groups is 2. The summed E-state index contributed by atoms with van der Waals surface area (Å²) in [5.74, 6) is 0.330. The number of fused-ring (bicyclic) bond motifs is 1. The van der Waals surface area contributed by atoms with E-state index in [-0.39, 0.29) is 29.8 Å². The predicted octanol–water partition coefficient (Wildman–Crippen LogP) is 3.14. The van der Waals surface area contributed by atoms with Crippen molar-refractivity contribution >= 4 is 40.2 Å². The zero-order valence-corrected chi connectivity index (χ0v) is 19.2. The molecule has 2 aliphatic rings. The number of aromatic nitrogens is 1. The number of pyridine rings is 1. The molecule has 33 heavy (non-hydrogen) atoms. The average molecular weight is 449 g/mol. The normalized spacial score (nSPS) is 17.3. The molecule has 1 aliphatic heterocycles. The van der Waals surface area contributed by atoms with E-state index in [1.807, 2.05) is 36.9 Å². The smallest absolute Gasteiger partial charge is 0.255 e. The van der Waals surface area contributed by atoms with Crippen LogP contribution in [0.3, 0.4) is 0 Å². The highest BCUT2D eigenvalue weighted by Gasteiger charge is 2.35. The largest absolute Gasteiger partial charge is 0.404 e. The van der Waals surface area contributed by atoms with Crippen molar-refractivity contribution in [3.05, 3.63) is 41.7 Å². The monoisotopic (exact) mass is 448 g/mol. The van der Waals surface area contributed by atoms with Gasteiger partial charge in [0.25, 0.3) is 5.91 Å². The Balaban J connectivity index is 1.57. The maximum Gasteiger partial charge on any atom is 0.255 e. The number of likely N-dealkylation sites (tertiary alicyclic amines) is 1. The van der Waals surface area contributed by atoms with Crippen LogP contribution < -0.4 is 16.4 Å². The lowest BCUT2D eigenvalue weighted by molar-refractivity contribution is -0.133. The highest BCUT2D eigenvalue weighted by atomic mass is 16.2. The van der Waals surface area contributed by atoms with Crippen LogP contribution in [-0.2, 0) is 4.79 Å². The first kappa shape index (κ1) is 22.8. The van der Waals surface area contributed by atoms with Gasteiger partial charge < -0.3 is 26.7 Å². The van der Waals surface area contributed by atoms with E-state index in [1.165, 1.54) is 12.4 Å². The minimum absolute atomic E-state index is 0.0272. The number of amides is 2. The molecule has 1 aliphatic carbocycles. The molecule has 174 valence electrons. The van der Waals surface area contributed by atoms with Crippen molar-refractivity contribution in [3.63, 3.8) is 0 Å². The fourth-order valence-electron chi connectivity index (χ4n) is 4.31. The number of anilines is 1. The zero-order valence-electron chi connectivity index (χ0n) is 19.2. The Kier molecular flexibility index (Phi) is 6.62. The number of carbonyl (C=O) groups excluding carboxylic acids is 2. The molecule has 1 aromatic heterocycles. The molecular formula is C25H32N6O2. The Morgan fingerprint density at radius 1 is 1.21 bits per heavy atom. The van der Waals surface area contributed by atoms with Crippen LogP contribution in [0.1, 0.15) is 55.5 Å². The Bertz CT molecular complexity index is 1100. The number of hydrogen-bond acceptors (Lipinski definition) is 6. The van der Waals surface area contributed by atoms with Crippen LogP contribution in [0.5, 0.6) is 0 Å². The van der Waals surface area contributed by atoms with Crippen LogP contribution in [0.15, 0.2) is 30.6 Å². The minimum Gasteiger partial charge on any atom is -0.404 e. The highest BCUT2D eigenvalue weighted by Crippen LogP contribution is 2.32. The summed E-state index contributed by atoms with van der Waals surface area (Å²) in [6.07, 6.45) is 7.76. The first-order valence-electron chi connectivity index (χ1n) is 11.6. The van der Waals surface area contributed by atoms with Crippen molar-refractivity contribution in [1.29, 1.82) is 5.41 Å². The molecule has 0 spiro atoms. The summed E-state index contributed by atoms with van der Waals surface area (Å²) in [6, 6.07) is 5.79. The van der Waals surface area contributed by atoms with Crippen LogP contribution >= 0.6 is 0 Å². The lowest BCUT2D eigenvalue weighted by atomic mass is 10.0. The molecule has 0 unspecified atom stereocenters. The van der Waals surface area contributed by atoms with Gasteiger partial charge in [0.05, 0.1) is 16.8 Å². The van der Waals surface area contributed by atoms with E-state index < -0.39 is 0 Å². The summed E-state index contributed by atoms with van der Waals surface area (Å²) in [5, 5.41) is 15.0. The van der Waals surface area contributed by atoms with Crippen molar-refractivity contribution in [2.45, 2.75) is 51.6 Å². The van der Waals surface area contributed by atoms with E-state index in [9.17, 15) is 9.59 Å². The summed E-state index contributed by atoms with van der Waals surface area (Å²) >= 11 is 0. The molecule has 2 fully saturated rings. The van der Waals surface area contributed by atoms with Gasteiger partial charge in [0.15, 0.2) is 0 Å². The topological polar surface area (TPSA) is 124 Å². The summed E-state index contributed by atoms with van der Waals surface area (Å²) < 4.78 is 0. The van der Waals surface area contributed by atoms with Crippen molar-refractivity contribution < 1.29 is 9.59 Å². The minimum atomic E-state index is -0.174. The quantitative estimate of drug-likeness (QED) is 0.485. The second-order valence-corrected chi connectivity index (χ2v) is 9.19. The van der Waals surface area contributed by atoms with Gasteiger partial charge in [0.1, 0.15) is 0 Å². The molecule has 2 amide bonds. The Labute approximate surface area is 194 Å². The number of benzene rings is 1. The molecule has 0 bridgehead atoms. The number of hydrogen-bond donors (Lipinski definition) is 4. The van der Waals surface area contributed by atoms with Crippen LogP contribution in [0.2, 0.25) is 0 Å². The first-order valence-corrected chi connectivity index (χ1v) is 11.6. The third-order valence-corrected chi connectivity index (χ3v) is 6.28. The molecule has 1 saturated carbocycles. The molecule has 4 rings (SSSR count). The molecule has 1 saturated heterocycles. The number of rotatable bonds is 7. The van der Waals surface area contributed by atoms with Crippen LogP contribution in [0, 0.1) is 11.3 Å². The van der Waals surface area contributed by atoms with E-state index in [2.05, 4.69) is 15.6 Å². The van der Waals surface area contributed by atoms with Gasteiger partial charge in [-0.05, 0) is 57.2 Å². The molecule has 8 nitrogen and oxygen atoms in total. The summed E-state index contributed by atoms with van der Waals surface area (Å²) in [6.45, 7) is 5.42. The van der Waals surface area contributed by atoms with Crippen LogP contribution in [-0.4, -0.2) is 53.1 Å². The molecule has 2 aromatic rings. The van der Waals surface area contributed by atoms with Crippen LogP contribution in [0.25, 0.3) is 16.5 Å². The number of piperidine rings is 1. The van der Waals surface area contributed by atoms with Gasteiger partial charge in [-0.3, -0.25) is 14.6 Å². The van der Waals surface area contributed by atoms with E-state index in [0.29, 0.717) is 24.2 Å². The van der Waals surface area contributed by atoms with Crippen molar-refractivity contribution in [2.75, 3.05) is 18.4 Å². The van der Waals surface area contributed by atoms with Gasteiger partial charge in [0.2, 0.25) is 5.91 Å². The Morgan fingerprint density at radius 2 is 1.94 bits per heavy atom. The first-order chi connectivity index (χ1) is 15.9. The predicted molar refractivity (Wildman–Crippen MR) is 131 cm³/mol. The van der Waals surface area contributed by atoms with Crippen LogP contribution in [0.4, 0.5) is 5.69 Å². The number of nitrogens with two attached hydrogens (primary N) is 1. The lowest BCUT2D eigenvalue weighted by Crippen LogP contribution is -2.47. The second kappa shape index (κ2) is 9.60. The number of nitrogens with zero attached hydrogens (tertiary/aromatic N) is 2. The van der Waals surface area contributed by atoms with E-state index in [1.54, 1.807) is 6.20 Å². The van der Waals surface area contributed by atoms with Gasteiger partial charge in [-0.15, -0.1) is 0 Å². The third-order valence-electron chi connectivity index (χ3n) is 6.28. The van der Waals surface area contributed by atoms with Gasteiger partial charge in [-0.25, -0.2) is 0 Å². The van der Waals surface area contributed by atoms with Gasteiger partial charge in [-0.2, -0.15) is 0 Å². The average Bonchev–Trinajstić information content (AvgIpc) is 3.65. The molecular weight excluding hydrogens is 416 g/mol. The maximum atomic E-state index is 13.3. The molecule has 8 heteroatoms. The molecule has 1 aromatic carbocycles. The standard InChI is InChI=1S/C25H32N6O2/c1-15(2)29-23-20-11-17(18(12-26)13-27)5-6-22(20)28-14-21(23)24(32)30-19-7-9-31(10-8-19)25(33)16-3-4-16/h5-6,11-16,19,26H,3-4,7-10,27H2,1-2H3,(H,28,29)(H,30,32)/b18-13+,26-12?. The van der Waals surface area contributed by atoms with Crippen molar-refractivity contribution in [2.24, 2.45) is 11.7 Å². The fourth-order valence-corrected chi connectivity index (χ4v) is 4.31. The summed E-state index contributed by atoms with van der Waals surface area (Å²) in [5.41, 5.74) is 9.02. The van der Waals surface area contributed by atoms with E-state index >= 15 is 0 Å². The maximum absolute atomic E-state index is 13.3. The van der Waals surface area contributed by atoms with Crippen molar-refractivity contribution in [3.8, 4) is 0 Å². The fraction of sp³-hybridized carbons (Fsp3) is 0.440. The highest BCUT2D eigenvalue weighted by molar-refractivity contribution is 6.11. The molecule has 5 N–H and O–H groups in total. The van der Waals surface area contributed by atoms with Gasteiger partial charge in [-0.1, -0.05) is 6.07 Å².